The van der Waals surface area contributed by atoms with Gasteiger partial charge in [-0.25, -0.2) is 0 Å². The van der Waals surface area contributed by atoms with E-state index in [1.807, 2.05) is 0 Å². The van der Waals surface area contributed by atoms with E-state index in [2.05, 4.69) is 9.64 Å². The molecule has 0 saturated carbocycles. The molecule has 0 aromatic rings. The van der Waals surface area contributed by atoms with Crippen molar-refractivity contribution in [1.29, 1.82) is 0 Å². The molecule has 0 amide bonds. The summed E-state index contributed by atoms with van der Waals surface area (Å²) in [6, 6.07) is 0. The molecule has 82 valence electrons. The molecule has 0 aliphatic carbocycles. The fraction of sp³-hybridized carbons (Fsp3) is 0.900. The Morgan fingerprint density at radius 2 is 2.43 bits per heavy atom. The number of β-amino-alcohol motifs (C(OH)–C–C–N with tert-alkyl or cyclic N) is 1. The molecule has 0 aromatic heterocycles. The Balaban J connectivity index is 2.08. The Kier molecular flexibility index (Phi) is 4.90. The number of piperidine rings is 1. The van der Waals surface area contributed by atoms with E-state index in [1.54, 1.807) is 0 Å². The highest BCUT2D eigenvalue weighted by Crippen LogP contribution is 2.10. The first-order valence-electron chi connectivity index (χ1n) is 5.19. The number of esters is 1. The number of ether oxygens (including phenoxy) is 1. The third-order valence-electron chi connectivity index (χ3n) is 2.56. The predicted molar refractivity (Wildman–Crippen MR) is 52.9 cm³/mol. The zero-order chi connectivity index (χ0) is 10.4. The van der Waals surface area contributed by atoms with Gasteiger partial charge in [0.2, 0.25) is 0 Å². The van der Waals surface area contributed by atoms with E-state index in [-0.39, 0.29) is 12.1 Å². The van der Waals surface area contributed by atoms with Crippen LogP contribution in [0.25, 0.3) is 0 Å². The molecule has 4 nitrogen and oxygen atoms in total. The number of likely N-dealkylation sites (tertiary alicyclic amines) is 1. The van der Waals surface area contributed by atoms with Crippen molar-refractivity contribution < 1.29 is 14.6 Å². The zero-order valence-corrected chi connectivity index (χ0v) is 8.74. The quantitative estimate of drug-likeness (QED) is 0.669. The predicted octanol–water partition coefficient (Wildman–Crippen LogP) is 0.396. The average Bonchev–Trinajstić information content (AvgIpc) is 2.17. The number of hydrogen-bond donors (Lipinski definition) is 1. The van der Waals surface area contributed by atoms with Crippen LogP contribution in [0.2, 0.25) is 0 Å². The highest BCUT2D eigenvalue weighted by atomic mass is 16.5. The van der Waals surface area contributed by atoms with Gasteiger partial charge in [0.25, 0.3) is 0 Å². The van der Waals surface area contributed by atoms with Gasteiger partial charge in [-0.3, -0.25) is 4.79 Å². The first-order chi connectivity index (χ1) is 6.72. The van der Waals surface area contributed by atoms with E-state index in [1.165, 1.54) is 7.11 Å². The van der Waals surface area contributed by atoms with Crippen LogP contribution in [-0.4, -0.2) is 48.8 Å². The van der Waals surface area contributed by atoms with Gasteiger partial charge in [0.15, 0.2) is 0 Å². The normalized spacial score (nSPS) is 23.4. The number of methoxy groups -OCH3 is 1. The Hall–Kier alpha value is -0.610. The van der Waals surface area contributed by atoms with Crippen LogP contribution in [0.3, 0.4) is 0 Å². The zero-order valence-electron chi connectivity index (χ0n) is 8.74. The SMILES string of the molecule is COC(=O)CCCN1CCCC(O)C1. The van der Waals surface area contributed by atoms with Crippen LogP contribution in [0, 0.1) is 0 Å². The van der Waals surface area contributed by atoms with Crippen molar-refractivity contribution >= 4 is 5.97 Å². The van der Waals surface area contributed by atoms with Crippen molar-refractivity contribution in [2.45, 2.75) is 31.8 Å². The second-order valence-electron chi connectivity index (χ2n) is 3.78. The van der Waals surface area contributed by atoms with Crippen LogP contribution in [0.5, 0.6) is 0 Å². The van der Waals surface area contributed by atoms with Crippen LogP contribution < -0.4 is 0 Å². The summed E-state index contributed by atoms with van der Waals surface area (Å²) in [6.07, 6.45) is 3.08. The Bertz CT molecular complexity index is 184. The lowest BCUT2D eigenvalue weighted by Crippen LogP contribution is -2.38. The van der Waals surface area contributed by atoms with Crippen molar-refractivity contribution in [2.24, 2.45) is 0 Å². The fourth-order valence-electron chi connectivity index (χ4n) is 1.78. The molecule has 1 atom stereocenters. The minimum atomic E-state index is -0.179. The van der Waals surface area contributed by atoms with Crippen LogP contribution in [0.15, 0.2) is 0 Å². The van der Waals surface area contributed by atoms with E-state index < -0.39 is 0 Å². The molecule has 14 heavy (non-hydrogen) atoms. The third kappa shape index (κ3) is 4.07. The molecule has 0 spiro atoms. The van der Waals surface area contributed by atoms with Gasteiger partial charge in [-0.1, -0.05) is 0 Å². The molecule has 0 bridgehead atoms. The van der Waals surface area contributed by atoms with E-state index in [9.17, 15) is 9.90 Å². The molecule has 1 aliphatic heterocycles. The summed E-state index contributed by atoms with van der Waals surface area (Å²) >= 11 is 0. The Morgan fingerprint density at radius 3 is 3.07 bits per heavy atom. The number of aliphatic hydroxyl groups excluding tert-OH is 1. The molecule has 1 saturated heterocycles. The van der Waals surface area contributed by atoms with Gasteiger partial charge >= 0.3 is 5.97 Å². The summed E-state index contributed by atoms with van der Waals surface area (Å²) in [4.78, 5) is 13.0. The number of carbonyl (C=O) groups excluding carboxylic acids is 1. The standard InChI is InChI=1S/C10H19NO3/c1-14-10(13)5-3-7-11-6-2-4-9(12)8-11/h9,12H,2-8H2,1H3. The molecule has 0 radical (unpaired) electrons. The van der Waals surface area contributed by atoms with Crippen molar-refractivity contribution in [3.8, 4) is 0 Å². The Morgan fingerprint density at radius 1 is 1.64 bits per heavy atom. The lowest BCUT2D eigenvalue weighted by Gasteiger charge is -2.29. The topological polar surface area (TPSA) is 49.8 Å². The van der Waals surface area contributed by atoms with Gasteiger partial charge in [0.05, 0.1) is 13.2 Å². The van der Waals surface area contributed by atoms with Crippen molar-refractivity contribution in [2.75, 3.05) is 26.7 Å². The van der Waals surface area contributed by atoms with E-state index in [4.69, 9.17) is 0 Å². The minimum Gasteiger partial charge on any atom is -0.469 e. The van der Waals surface area contributed by atoms with Crippen LogP contribution >= 0.6 is 0 Å². The molecule has 1 fully saturated rings. The molecule has 1 rings (SSSR count). The third-order valence-corrected chi connectivity index (χ3v) is 2.56. The first-order valence-corrected chi connectivity index (χ1v) is 5.19. The molecular weight excluding hydrogens is 182 g/mol. The summed E-state index contributed by atoms with van der Waals surface area (Å²) in [5, 5.41) is 9.40. The van der Waals surface area contributed by atoms with Gasteiger partial charge in [-0.05, 0) is 32.4 Å². The summed E-state index contributed by atoms with van der Waals surface area (Å²) < 4.78 is 4.55. The summed E-state index contributed by atoms with van der Waals surface area (Å²) in [5.74, 6) is -0.150. The van der Waals surface area contributed by atoms with E-state index in [0.29, 0.717) is 6.42 Å². The minimum absolute atomic E-state index is 0.150. The lowest BCUT2D eigenvalue weighted by molar-refractivity contribution is -0.140. The Labute approximate surface area is 84.8 Å². The van der Waals surface area contributed by atoms with Crippen LogP contribution in [0.1, 0.15) is 25.7 Å². The second kappa shape index (κ2) is 5.98. The number of carbonyl (C=O) groups is 1. The van der Waals surface area contributed by atoms with Gasteiger partial charge in [0, 0.05) is 13.0 Å². The summed E-state index contributed by atoms with van der Waals surface area (Å²) in [5.41, 5.74) is 0. The maximum atomic E-state index is 10.8. The number of nitrogens with zero attached hydrogens (tertiary/aromatic N) is 1. The van der Waals surface area contributed by atoms with Gasteiger partial charge in [-0.2, -0.15) is 0 Å². The maximum absolute atomic E-state index is 10.8. The molecule has 4 heteroatoms. The van der Waals surface area contributed by atoms with Gasteiger partial charge in [0.1, 0.15) is 0 Å². The fourth-order valence-corrected chi connectivity index (χ4v) is 1.78. The second-order valence-corrected chi connectivity index (χ2v) is 3.78. The number of aliphatic hydroxyl groups is 1. The molecule has 1 aliphatic rings. The maximum Gasteiger partial charge on any atom is 0.305 e. The molecule has 1 heterocycles. The highest BCUT2D eigenvalue weighted by molar-refractivity contribution is 5.69. The van der Waals surface area contributed by atoms with E-state index >= 15 is 0 Å². The van der Waals surface area contributed by atoms with Gasteiger partial charge < -0.3 is 14.7 Å². The van der Waals surface area contributed by atoms with Crippen LogP contribution in [0.4, 0.5) is 0 Å². The van der Waals surface area contributed by atoms with Crippen molar-refractivity contribution in [3.05, 3.63) is 0 Å². The van der Waals surface area contributed by atoms with Gasteiger partial charge in [-0.15, -0.1) is 0 Å². The summed E-state index contributed by atoms with van der Waals surface area (Å²) in [6.45, 7) is 2.67. The first kappa shape index (κ1) is 11.5. The largest absolute Gasteiger partial charge is 0.469 e. The summed E-state index contributed by atoms with van der Waals surface area (Å²) in [7, 11) is 1.41. The molecule has 1 unspecified atom stereocenters. The van der Waals surface area contributed by atoms with Crippen LogP contribution in [-0.2, 0) is 9.53 Å². The molecular formula is C10H19NO3. The van der Waals surface area contributed by atoms with Crippen molar-refractivity contribution in [3.63, 3.8) is 0 Å². The average molecular weight is 201 g/mol. The van der Waals surface area contributed by atoms with Crippen molar-refractivity contribution in [1.82, 2.24) is 4.90 Å². The van der Waals surface area contributed by atoms with E-state index in [0.717, 1.165) is 38.9 Å². The molecule has 0 aromatic carbocycles. The number of hydrogen-bond acceptors (Lipinski definition) is 4. The number of rotatable bonds is 4. The highest BCUT2D eigenvalue weighted by Gasteiger charge is 2.17. The smallest absolute Gasteiger partial charge is 0.305 e. The lowest BCUT2D eigenvalue weighted by atomic mass is 10.1. The monoisotopic (exact) mass is 201 g/mol. The molecule has 1 N–H and O–H groups in total.